The van der Waals surface area contributed by atoms with E-state index in [4.69, 9.17) is 5.73 Å². The lowest BCUT2D eigenvalue weighted by Gasteiger charge is -2.38. The van der Waals surface area contributed by atoms with E-state index in [9.17, 15) is 14.9 Å². The van der Waals surface area contributed by atoms with Crippen LogP contribution < -0.4 is 10.6 Å². The van der Waals surface area contributed by atoms with E-state index in [0.29, 0.717) is 53.0 Å². The molecule has 1 amide bonds. The van der Waals surface area contributed by atoms with Crippen molar-refractivity contribution in [1.29, 1.82) is 5.26 Å². The fourth-order valence-corrected chi connectivity index (χ4v) is 7.34. The summed E-state index contributed by atoms with van der Waals surface area (Å²) in [5.41, 5.74) is 11.7. The fourth-order valence-electron chi connectivity index (χ4n) is 5.56. The molecular formula is C29H26N6O2S2. The summed E-state index contributed by atoms with van der Waals surface area (Å²) in [6.07, 6.45) is 2.66. The second-order valence-corrected chi connectivity index (χ2v) is 11.9. The molecule has 2 aliphatic heterocycles. The van der Waals surface area contributed by atoms with Crippen molar-refractivity contribution in [2.24, 2.45) is 5.73 Å². The molecule has 3 aromatic rings. The number of thioether (sulfide) groups is 1. The number of carbonyl (C=O) groups excluding carboxylic acids is 2. The third kappa shape index (κ3) is 4.73. The van der Waals surface area contributed by atoms with Gasteiger partial charge in [0.05, 0.1) is 23.3 Å². The molecule has 0 saturated heterocycles. The molecule has 6 rings (SSSR count). The number of benzene rings is 2. The molecule has 0 bridgehead atoms. The number of nitrogens with two attached hydrogens (primary N) is 1. The van der Waals surface area contributed by atoms with Gasteiger partial charge in [0.2, 0.25) is 11.0 Å². The number of amides is 1. The fraction of sp³-hybridized carbons (Fsp3) is 0.276. The number of allylic oxidation sites excluding steroid dienone is 3. The number of anilines is 1. The van der Waals surface area contributed by atoms with Crippen LogP contribution in [-0.2, 0) is 22.6 Å². The van der Waals surface area contributed by atoms with E-state index >= 15 is 0 Å². The molecule has 0 saturated carbocycles. The Balaban J connectivity index is 1.24. The summed E-state index contributed by atoms with van der Waals surface area (Å²) in [6, 6.07) is 20.1. The lowest BCUT2D eigenvalue weighted by molar-refractivity contribution is -0.129. The molecule has 1 aromatic heterocycles. The van der Waals surface area contributed by atoms with Gasteiger partial charge in [0.25, 0.3) is 0 Å². The van der Waals surface area contributed by atoms with Crippen molar-refractivity contribution in [3.8, 4) is 6.07 Å². The quantitative estimate of drug-likeness (QED) is 0.458. The first-order valence-electron chi connectivity index (χ1n) is 12.9. The molecule has 1 atom stereocenters. The van der Waals surface area contributed by atoms with Crippen molar-refractivity contribution >= 4 is 39.9 Å². The van der Waals surface area contributed by atoms with Crippen LogP contribution in [0.15, 0.2) is 81.6 Å². The molecule has 10 heteroatoms. The van der Waals surface area contributed by atoms with Gasteiger partial charge in [-0.15, -0.1) is 10.2 Å². The Labute approximate surface area is 234 Å². The first-order valence-corrected chi connectivity index (χ1v) is 14.7. The van der Waals surface area contributed by atoms with E-state index in [2.05, 4.69) is 28.4 Å². The highest BCUT2D eigenvalue weighted by Gasteiger charge is 2.41. The standard InChI is InChI=1S/C29H26N6O2S2/c30-15-21-25(19-8-2-1-3-9-19)26-22(11-6-12-23(26)36)35(27(21)31)28-32-33-29(39-28)38-17-24(37)34-14-13-18-7-4-5-10-20(18)16-34/h1-5,7-10,25H,6,11-14,16-17,31H2. The van der Waals surface area contributed by atoms with Crippen molar-refractivity contribution in [2.45, 2.75) is 42.5 Å². The van der Waals surface area contributed by atoms with Crippen molar-refractivity contribution in [3.05, 3.63) is 94.0 Å². The molecule has 3 aliphatic rings. The lowest BCUT2D eigenvalue weighted by atomic mass is 9.76. The molecule has 2 aromatic carbocycles. The highest BCUT2D eigenvalue weighted by atomic mass is 32.2. The summed E-state index contributed by atoms with van der Waals surface area (Å²) in [5, 5.41) is 19.3. The maximum Gasteiger partial charge on any atom is 0.233 e. The topological polar surface area (TPSA) is 116 Å². The van der Waals surface area contributed by atoms with Crippen molar-refractivity contribution in [1.82, 2.24) is 15.1 Å². The smallest absolute Gasteiger partial charge is 0.233 e. The summed E-state index contributed by atoms with van der Waals surface area (Å²) in [4.78, 5) is 29.8. The minimum absolute atomic E-state index is 0.0307. The maximum absolute atomic E-state index is 13.2. The van der Waals surface area contributed by atoms with Gasteiger partial charge in [0.1, 0.15) is 5.82 Å². The highest BCUT2D eigenvalue weighted by Crippen LogP contribution is 2.47. The van der Waals surface area contributed by atoms with Gasteiger partial charge < -0.3 is 10.6 Å². The molecular weight excluding hydrogens is 528 g/mol. The van der Waals surface area contributed by atoms with E-state index < -0.39 is 5.92 Å². The molecule has 3 heterocycles. The van der Waals surface area contributed by atoms with Crippen molar-refractivity contribution < 1.29 is 9.59 Å². The van der Waals surface area contributed by atoms with Gasteiger partial charge >= 0.3 is 0 Å². The normalized spacial score (nSPS) is 19.1. The Morgan fingerprint density at radius 2 is 1.85 bits per heavy atom. The van der Waals surface area contributed by atoms with Crippen LogP contribution in [0.5, 0.6) is 0 Å². The number of hydrogen-bond donors (Lipinski definition) is 1. The first-order chi connectivity index (χ1) is 19.0. The number of nitrogens with zero attached hydrogens (tertiary/aromatic N) is 5. The molecule has 39 heavy (non-hydrogen) atoms. The minimum Gasteiger partial charge on any atom is -0.384 e. The second-order valence-electron chi connectivity index (χ2n) is 9.70. The predicted molar refractivity (Wildman–Crippen MR) is 151 cm³/mol. The predicted octanol–water partition coefficient (Wildman–Crippen LogP) is 4.52. The van der Waals surface area contributed by atoms with Crippen LogP contribution in [0, 0.1) is 11.3 Å². The monoisotopic (exact) mass is 554 g/mol. The maximum atomic E-state index is 13.2. The molecule has 8 nitrogen and oxygen atoms in total. The molecule has 196 valence electrons. The van der Waals surface area contributed by atoms with E-state index in [-0.39, 0.29) is 23.3 Å². The summed E-state index contributed by atoms with van der Waals surface area (Å²) in [5.74, 6) is 0.126. The van der Waals surface area contributed by atoms with E-state index in [1.807, 2.05) is 47.4 Å². The summed E-state index contributed by atoms with van der Waals surface area (Å²) >= 11 is 2.66. The van der Waals surface area contributed by atoms with Crippen LogP contribution in [0.2, 0.25) is 0 Å². The number of Topliss-reactive ketones (excluding diaryl/α,β-unsaturated/α-hetero) is 1. The van der Waals surface area contributed by atoms with Crippen molar-refractivity contribution in [3.63, 3.8) is 0 Å². The van der Waals surface area contributed by atoms with Crippen LogP contribution in [0.1, 0.15) is 41.9 Å². The number of aromatic nitrogens is 2. The Kier molecular flexibility index (Phi) is 6.94. The third-order valence-corrected chi connectivity index (χ3v) is 9.46. The number of rotatable bonds is 5. The van der Waals surface area contributed by atoms with E-state index in [0.717, 1.165) is 17.7 Å². The SMILES string of the molecule is N#CC1=C(N)N(c2nnc(SCC(=O)N3CCc4ccccc4C3)s2)C2=C(C(=O)CCC2)C1c1ccccc1. The van der Waals surface area contributed by atoms with E-state index in [1.165, 1.54) is 34.2 Å². The van der Waals surface area contributed by atoms with Crippen LogP contribution >= 0.6 is 23.1 Å². The summed E-state index contributed by atoms with van der Waals surface area (Å²) in [7, 11) is 0. The lowest BCUT2D eigenvalue weighted by Crippen LogP contribution is -2.38. The number of nitriles is 1. The Hall–Kier alpha value is -3.94. The first kappa shape index (κ1) is 25.3. The van der Waals surface area contributed by atoms with Crippen LogP contribution in [-0.4, -0.2) is 39.1 Å². The summed E-state index contributed by atoms with van der Waals surface area (Å²) in [6.45, 7) is 1.33. The Morgan fingerprint density at radius 1 is 1.08 bits per heavy atom. The zero-order valence-corrected chi connectivity index (χ0v) is 22.8. The number of fused-ring (bicyclic) bond motifs is 1. The highest BCUT2D eigenvalue weighted by molar-refractivity contribution is 8.01. The molecule has 0 radical (unpaired) electrons. The number of carbonyl (C=O) groups is 2. The molecule has 2 N–H and O–H groups in total. The van der Waals surface area contributed by atoms with Crippen LogP contribution in [0.25, 0.3) is 0 Å². The number of ketones is 1. The Morgan fingerprint density at radius 3 is 2.64 bits per heavy atom. The second kappa shape index (κ2) is 10.7. The largest absolute Gasteiger partial charge is 0.384 e. The van der Waals surface area contributed by atoms with Crippen LogP contribution in [0.4, 0.5) is 5.13 Å². The van der Waals surface area contributed by atoms with Gasteiger partial charge in [-0.2, -0.15) is 5.26 Å². The molecule has 0 fully saturated rings. The minimum atomic E-state index is -0.496. The molecule has 1 unspecified atom stereocenters. The van der Waals surface area contributed by atoms with Crippen LogP contribution in [0.3, 0.4) is 0 Å². The average molecular weight is 555 g/mol. The van der Waals surface area contributed by atoms with Gasteiger partial charge in [-0.1, -0.05) is 77.7 Å². The van der Waals surface area contributed by atoms with Gasteiger partial charge in [0, 0.05) is 30.8 Å². The van der Waals surface area contributed by atoms with Gasteiger partial charge in [-0.3, -0.25) is 14.5 Å². The zero-order chi connectivity index (χ0) is 26.9. The van der Waals surface area contributed by atoms with Gasteiger partial charge in [-0.25, -0.2) is 0 Å². The van der Waals surface area contributed by atoms with Gasteiger partial charge in [-0.05, 0) is 36.0 Å². The summed E-state index contributed by atoms with van der Waals surface area (Å²) < 4.78 is 0.636. The molecule has 1 aliphatic carbocycles. The van der Waals surface area contributed by atoms with Gasteiger partial charge in [0.15, 0.2) is 10.1 Å². The number of hydrogen-bond acceptors (Lipinski definition) is 9. The average Bonchev–Trinajstić information content (AvgIpc) is 3.44. The van der Waals surface area contributed by atoms with E-state index in [1.54, 1.807) is 4.90 Å². The molecule has 0 spiro atoms. The third-order valence-electron chi connectivity index (χ3n) is 7.44. The Bertz CT molecular complexity index is 1550. The zero-order valence-electron chi connectivity index (χ0n) is 21.2. The van der Waals surface area contributed by atoms with Crippen molar-refractivity contribution in [2.75, 3.05) is 17.2 Å².